The van der Waals surface area contributed by atoms with E-state index in [-0.39, 0.29) is 17.1 Å². The summed E-state index contributed by atoms with van der Waals surface area (Å²) in [5.41, 5.74) is 1.97. The number of hydrogen-bond acceptors (Lipinski definition) is 3. The molecule has 0 N–H and O–H groups in total. The standard InChI is InChI=1S/C20H23FN2O2/c21-18-4-2-16(3-5-18)12-22-9-1-7-20(14-22)8-10-23(15-20)19(24)17-6-11-25-13-17/h2-6,11,13H,1,7-10,12,14-15H2/t20-/m0/s1. The summed E-state index contributed by atoms with van der Waals surface area (Å²) in [6.45, 7) is 4.54. The lowest BCUT2D eigenvalue weighted by atomic mass is 9.79. The second-order valence-electron chi connectivity index (χ2n) is 7.43. The van der Waals surface area contributed by atoms with Crippen LogP contribution in [0.3, 0.4) is 0 Å². The van der Waals surface area contributed by atoms with E-state index in [9.17, 15) is 9.18 Å². The molecule has 2 saturated heterocycles. The Morgan fingerprint density at radius 1 is 1.12 bits per heavy atom. The van der Waals surface area contributed by atoms with Crippen LogP contribution in [0.25, 0.3) is 0 Å². The van der Waals surface area contributed by atoms with E-state index in [0.717, 1.165) is 51.1 Å². The first-order valence-electron chi connectivity index (χ1n) is 8.92. The fraction of sp³-hybridized carbons (Fsp3) is 0.450. The number of carbonyl (C=O) groups is 1. The Bertz CT molecular complexity index is 729. The predicted molar refractivity (Wildman–Crippen MR) is 92.6 cm³/mol. The zero-order chi connectivity index (χ0) is 17.3. The van der Waals surface area contributed by atoms with Crippen LogP contribution in [0.15, 0.2) is 47.3 Å². The van der Waals surface area contributed by atoms with Crippen LogP contribution in [0.5, 0.6) is 0 Å². The van der Waals surface area contributed by atoms with Crippen molar-refractivity contribution in [1.82, 2.24) is 9.80 Å². The van der Waals surface area contributed by atoms with Gasteiger partial charge in [-0.15, -0.1) is 0 Å². The third kappa shape index (κ3) is 3.47. The van der Waals surface area contributed by atoms with Crippen molar-refractivity contribution in [2.75, 3.05) is 26.2 Å². The van der Waals surface area contributed by atoms with Gasteiger partial charge in [0.25, 0.3) is 5.91 Å². The smallest absolute Gasteiger partial charge is 0.257 e. The lowest BCUT2D eigenvalue weighted by Crippen LogP contribution is -2.45. The summed E-state index contributed by atoms with van der Waals surface area (Å²) in [6, 6.07) is 8.50. The van der Waals surface area contributed by atoms with Crippen molar-refractivity contribution >= 4 is 5.91 Å². The van der Waals surface area contributed by atoms with Gasteiger partial charge in [-0.3, -0.25) is 9.69 Å². The van der Waals surface area contributed by atoms with Crippen LogP contribution in [0.1, 0.15) is 35.2 Å². The Morgan fingerprint density at radius 2 is 1.96 bits per heavy atom. The number of rotatable bonds is 3. The van der Waals surface area contributed by atoms with E-state index in [1.807, 2.05) is 17.0 Å². The van der Waals surface area contributed by atoms with Crippen LogP contribution in [0.2, 0.25) is 0 Å². The summed E-state index contributed by atoms with van der Waals surface area (Å²) in [6.07, 6.45) is 6.44. The molecule has 4 nitrogen and oxygen atoms in total. The van der Waals surface area contributed by atoms with Gasteiger partial charge < -0.3 is 9.32 Å². The van der Waals surface area contributed by atoms with Crippen LogP contribution in [0.4, 0.5) is 4.39 Å². The average Bonchev–Trinajstić information content (AvgIpc) is 3.27. The van der Waals surface area contributed by atoms with Gasteiger partial charge in [-0.05, 0) is 49.6 Å². The van der Waals surface area contributed by atoms with Gasteiger partial charge in [0.05, 0.1) is 11.8 Å². The second kappa shape index (κ2) is 6.64. The minimum absolute atomic E-state index is 0.0706. The van der Waals surface area contributed by atoms with Gasteiger partial charge in [0.1, 0.15) is 12.1 Å². The fourth-order valence-corrected chi connectivity index (χ4v) is 4.30. The molecule has 25 heavy (non-hydrogen) atoms. The number of carbonyl (C=O) groups excluding carboxylic acids is 1. The third-order valence-electron chi connectivity index (χ3n) is 5.55. The summed E-state index contributed by atoms with van der Waals surface area (Å²) in [5, 5.41) is 0. The highest BCUT2D eigenvalue weighted by atomic mass is 19.1. The molecule has 0 unspecified atom stereocenters. The first-order valence-corrected chi connectivity index (χ1v) is 8.92. The van der Waals surface area contributed by atoms with Crippen LogP contribution < -0.4 is 0 Å². The van der Waals surface area contributed by atoms with Crippen molar-refractivity contribution in [1.29, 1.82) is 0 Å². The molecular weight excluding hydrogens is 319 g/mol. The zero-order valence-electron chi connectivity index (χ0n) is 14.3. The maximum atomic E-state index is 13.1. The second-order valence-corrected chi connectivity index (χ2v) is 7.43. The number of benzene rings is 1. The maximum absolute atomic E-state index is 13.1. The minimum Gasteiger partial charge on any atom is -0.472 e. The van der Waals surface area contributed by atoms with Crippen molar-refractivity contribution < 1.29 is 13.6 Å². The lowest BCUT2D eigenvalue weighted by molar-refractivity contribution is 0.0675. The molecule has 3 heterocycles. The Balaban J connectivity index is 1.40. The Labute approximate surface area is 147 Å². The molecule has 2 aromatic rings. The predicted octanol–water partition coefficient (Wildman–Crippen LogP) is 3.55. The van der Waals surface area contributed by atoms with Crippen LogP contribution in [-0.2, 0) is 6.54 Å². The van der Waals surface area contributed by atoms with Gasteiger partial charge in [-0.1, -0.05) is 12.1 Å². The van der Waals surface area contributed by atoms with Crippen LogP contribution in [0, 0.1) is 11.2 Å². The molecule has 0 radical (unpaired) electrons. The highest BCUT2D eigenvalue weighted by Crippen LogP contribution is 2.39. The average molecular weight is 342 g/mol. The zero-order valence-corrected chi connectivity index (χ0v) is 14.3. The fourth-order valence-electron chi connectivity index (χ4n) is 4.30. The summed E-state index contributed by atoms with van der Waals surface area (Å²) in [5.74, 6) is -0.121. The van der Waals surface area contributed by atoms with Crippen molar-refractivity contribution in [2.24, 2.45) is 5.41 Å². The summed E-state index contributed by atoms with van der Waals surface area (Å²) in [4.78, 5) is 17.0. The molecule has 0 aliphatic carbocycles. The number of hydrogen-bond donors (Lipinski definition) is 0. The maximum Gasteiger partial charge on any atom is 0.257 e. The third-order valence-corrected chi connectivity index (χ3v) is 5.55. The number of halogens is 1. The largest absolute Gasteiger partial charge is 0.472 e. The molecular formula is C20H23FN2O2. The molecule has 1 atom stereocenters. The van der Waals surface area contributed by atoms with Crippen molar-refractivity contribution in [3.8, 4) is 0 Å². The summed E-state index contributed by atoms with van der Waals surface area (Å²) < 4.78 is 18.1. The molecule has 2 aliphatic heterocycles. The molecule has 4 rings (SSSR count). The summed E-state index contributed by atoms with van der Waals surface area (Å²) >= 11 is 0. The van der Waals surface area contributed by atoms with Gasteiger partial charge in [0.2, 0.25) is 0 Å². The van der Waals surface area contributed by atoms with E-state index in [4.69, 9.17) is 4.42 Å². The van der Waals surface area contributed by atoms with Crippen LogP contribution in [-0.4, -0.2) is 41.9 Å². The molecule has 0 saturated carbocycles. The SMILES string of the molecule is O=C(c1ccoc1)N1CC[C@]2(CCCN(Cc3ccc(F)cc3)C2)C1. The first-order chi connectivity index (χ1) is 12.1. The van der Waals surface area contributed by atoms with E-state index in [1.54, 1.807) is 12.3 Å². The van der Waals surface area contributed by atoms with Gasteiger partial charge in [-0.2, -0.15) is 0 Å². The molecule has 2 fully saturated rings. The molecule has 5 heteroatoms. The highest BCUT2D eigenvalue weighted by Gasteiger charge is 2.42. The molecule has 0 bridgehead atoms. The molecule has 1 spiro atoms. The molecule has 1 aromatic carbocycles. The highest BCUT2D eigenvalue weighted by molar-refractivity contribution is 5.94. The van der Waals surface area contributed by atoms with Gasteiger partial charge in [0, 0.05) is 31.6 Å². The van der Waals surface area contributed by atoms with Crippen molar-refractivity contribution in [3.05, 3.63) is 59.8 Å². The van der Waals surface area contributed by atoms with Crippen molar-refractivity contribution in [3.63, 3.8) is 0 Å². The van der Waals surface area contributed by atoms with E-state index in [0.29, 0.717) is 5.56 Å². The quantitative estimate of drug-likeness (QED) is 0.856. The van der Waals surface area contributed by atoms with E-state index < -0.39 is 0 Å². The van der Waals surface area contributed by atoms with Crippen molar-refractivity contribution in [2.45, 2.75) is 25.8 Å². The minimum atomic E-state index is -0.192. The molecule has 132 valence electrons. The van der Waals surface area contributed by atoms with E-state index >= 15 is 0 Å². The number of amides is 1. The first kappa shape index (κ1) is 16.3. The number of nitrogens with zero attached hydrogens (tertiary/aromatic N) is 2. The summed E-state index contributed by atoms with van der Waals surface area (Å²) in [7, 11) is 0. The Hall–Kier alpha value is -2.14. The molecule has 1 aromatic heterocycles. The van der Waals surface area contributed by atoms with Gasteiger partial charge in [-0.25, -0.2) is 4.39 Å². The van der Waals surface area contributed by atoms with Crippen LogP contribution >= 0.6 is 0 Å². The monoisotopic (exact) mass is 342 g/mol. The topological polar surface area (TPSA) is 36.7 Å². The number of furan rings is 1. The number of likely N-dealkylation sites (tertiary alicyclic amines) is 2. The van der Waals surface area contributed by atoms with E-state index in [2.05, 4.69) is 4.90 Å². The number of piperidine rings is 1. The van der Waals surface area contributed by atoms with Gasteiger partial charge in [0.15, 0.2) is 0 Å². The van der Waals surface area contributed by atoms with E-state index in [1.165, 1.54) is 24.8 Å². The normalized spacial score (nSPS) is 24.1. The Kier molecular flexibility index (Phi) is 4.34. The molecule has 1 amide bonds. The Morgan fingerprint density at radius 3 is 2.72 bits per heavy atom. The van der Waals surface area contributed by atoms with Gasteiger partial charge >= 0.3 is 0 Å². The molecule has 2 aliphatic rings. The lowest BCUT2D eigenvalue weighted by Gasteiger charge is -2.40.